The second kappa shape index (κ2) is 2.26. The fourth-order valence-electron chi connectivity index (χ4n) is 1.44. The molecule has 0 amide bonds. The molecule has 0 unspecified atom stereocenters. The molecule has 0 bridgehead atoms. The van der Waals surface area contributed by atoms with Crippen LogP contribution in [-0.4, -0.2) is 9.97 Å². The van der Waals surface area contributed by atoms with Gasteiger partial charge in [0.2, 0.25) is 0 Å². The van der Waals surface area contributed by atoms with Gasteiger partial charge < -0.3 is 4.98 Å². The van der Waals surface area contributed by atoms with Gasteiger partial charge in [0.25, 0.3) is 0 Å². The fraction of sp³-hybridized carbons (Fsp3) is 0.125. The van der Waals surface area contributed by atoms with Crippen LogP contribution in [0.5, 0.6) is 0 Å². The first-order valence-electron chi connectivity index (χ1n) is 3.92. The quantitative estimate of drug-likeness (QED) is 0.582. The highest BCUT2D eigenvalue weighted by atomic mass is 32.1. The van der Waals surface area contributed by atoms with Gasteiger partial charge in [0.05, 0.1) is 16.9 Å². The van der Waals surface area contributed by atoms with Gasteiger partial charge in [-0.1, -0.05) is 0 Å². The molecule has 2 heterocycles. The van der Waals surface area contributed by atoms with E-state index in [1.165, 1.54) is 11.4 Å². The third kappa shape index (κ3) is 0.874. The summed E-state index contributed by atoms with van der Waals surface area (Å²) in [4.78, 5) is 7.53. The molecule has 0 spiro atoms. The Morgan fingerprint density at radius 1 is 1.31 bits per heavy atom. The number of H-pyrrole nitrogens is 1. The largest absolute Gasteiger partial charge is 0.342 e. The number of aromatic nitrogens is 2. The average Bonchev–Trinajstić information content (AvgIpc) is 2.65. The number of hydrogen-bond donors (Lipinski definition) is 1. The second-order valence-corrected chi connectivity index (χ2v) is 3.44. The summed E-state index contributed by atoms with van der Waals surface area (Å²) in [7, 11) is 0. The number of fused-ring (bicyclic) bond motifs is 3. The number of rotatable bonds is 0. The first-order valence-corrected chi connectivity index (χ1v) is 4.65. The van der Waals surface area contributed by atoms with Crippen molar-refractivity contribution < 1.29 is 0 Å². The van der Waals surface area contributed by atoms with Crippen LogP contribution in [0, 0.1) is 6.92 Å². The molecule has 0 saturated heterocycles. The zero-order chi connectivity index (χ0) is 8.84. The third-order valence-electron chi connectivity index (χ3n) is 2.00. The molecule has 1 aromatic carbocycles. The molecule has 0 fully saturated rings. The van der Waals surface area contributed by atoms with Gasteiger partial charge in [0.15, 0.2) is 0 Å². The van der Waals surface area contributed by atoms with Crippen LogP contribution >= 0.6 is 0 Å². The predicted octanol–water partition coefficient (Wildman–Crippen LogP) is 2.60. The summed E-state index contributed by atoms with van der Waals surface area (Å²) in [5.41, 5.74) is 3.76. The molecule has 5 heteroatoms. The van der Waals surface area contributed by atoms with Crippen LogP contribution < -0.4 is 0 Å². The van der Waals surface area contributed by atoms with Gasteiger partial charge in [0.1, 0.15) is 22.7 Å². The van der Waals surface area contributed by atoms with E-state index in [0.29, 0.717) is 0 Å². The summed E-state index contributed by atoms with van der Waals surface area (Å²) >= 11 is 1.22. The normalized spacial score (nSPS) is 13.3. The minimum absolute atomic E-state index is 0.895. The molecule has 13 heavy (non-hydrogen) atoms. The molecule has 1 aliphatic heterocycles. The minimum Gasteiger partial charge on any atom is -0.342 e. The number of aromatic amines is 1. The summed E-state index contributed by atoms with van der Waals surface area (Å²) in [6, 6.07) is 3.94. The standard InChI is InChI=1S/C8H6N4S/c1-4-9-5-2-3-6-8(7(5)10-4)12-13-11-6/h2-3H,1H3,(H,9,10). The zero-order valence-electron chi connectivity index (χ0n) is 6.90. The smallest absolute Gasteiger partial charge is 0.132 e. The van der Waals surface area contributed by atoms with Crippen molar-refractivity contribution in [1.82, 2.24) is 9.97 Å². The van der Waals surface area contributed by atoms with E-state index < -0.39 is 0 Å². The van der Waals surface area contributed by atoms with Gasteiger partial charge in [-0.2, -0.15) is 8.73 Å². The van der Waals surface area contributed by atoms with E-state index in [1.807, 2.05) is 19.1 Å². The van der Waals surface area contributed by atoms with Crippen molar-refractivity contribution >= 4 is 33.8 Å². The summed E-state index contributed by atoms with van der Waals surface area (Å²) in [5.74, 6) is 0.913. The SMILES string of the molecule is Cc1nc2c3c(ccc2[nH]1)N=S=N3. The third-order valence-corrected chi connectivity index (χ3v) is 2.54. The van der Waals surface area contributed by atoms with Gasteiger partial charge in [-0.15, -0.1) is 0 Å². The molecule has 0 saturated carbocycles. The molecule has 0 aliphatic carbocycles. The Kier molecular flexibility index (Phi) is 1.21. The van der Waals surface area contributed by atoms with Crippen LogP contribution in [0.15, 0.2) is 20.9 Å². The number of imidazole rings is 1. The average molecular weight is 190 g/mol. The Morgan fingerprint density at radius 3 is 3.15 bits per heavy atom. The van der Waals surface area contributed by atoms with E-state index in [-0.39, 0.29) is 0 Å². The lowest BCUT2D eigenvalue weighted by atomic mass is 10.2. The van der Waals surface area contributed by atoms with Crippen LogP contribution in [0.1, 0.15) is 5.82 Å². The Balaban J connectivity index is 2.51. The molecule has 0 radical (unpaired) electrons. The topological polar surface area (TPSA) is 53.4 Å². The monoisotopic (exact) mass is 190 g/mol. The van der Waals surface area contributed by atoms with Crippen LogP contribution in [-0.2, 0) is 11.4 Å². The van der Waals surface area contributed by atoms with E-state index in [4.69, 9.17) is 0 Å². The maximum Gasteiger partial charge on any atom is 0.132 e. The van der Waals surface area contributed by atoms with E-state index in [9.17, 15) is 0 Å². The van der Waals surface area contributed by atoms with Gasteiger partial charge in [-0.25, -0.2) is 4.98 Å². The van der Waals surface area contributed by atoms with Crippen LogP contribution in [0.3, 0.4) is 0 Å². The summed E-state index contributed by atoms with van der Waals surface area (Å²) in [6.07, 6.45) is 0. The van der Waals surface area contributed by atoms with Gasteiger partial charge in [-0.05, 0) is 19.1 Å². The van der Waals surface area contributed by atoms with Crippen molar-refractivity contribution in [2.24, 2.45) is 8.73 Å². The highest BCUT2D eigenvalue weighted by molar-refractivity contribution is 7.58. The van der Waals surface area contributed by atoms with E-state index in [2.05, 4.69) is 18.7 Å². The molecule has 4 nitrogen and oxygen atoms in total. The van der Waals surface area contributed by atoms with E-state index in [1.54, 1.807) is 0 Å². The van der Waals surface area contributed by atoms with Crippen LogP contribution in [0.25, 0.3) is 11.0 Å². The molecule has 1 aromatic heterocycles. The van der Waals surface area contributed by atoms with E-state index >= 15 is 0 Å². The maximum absolute atomic E-state index is 4.36. The van der Waals surface area contributed by atoms with Crippen molar-refractivity contribution in [2.75, 3.05) is 0 Å². The summed E-state index contributed by atoms with van der Waals surface area (Å²) < 4.78 is 8.36. The number of nitrogens with one attached hydrogen (secondary N) is 1. The Bertz CT molecular complexity index is 563. The van der Waals surface area contributed by atoms with Crippen LogP contribution in [0.2, 0.25) is 0 Å². The van der Waals surface area contributed by atoms with Crippen molar-refractivity contribution in [3.05, 3.63) is 18.0 Å². The van der Waals surface area contributed by atoms with Crippen LogP contribution in [0.4, 0.5) is 11.4 Å². The molecule has 1 aliphatic rings. The zero-order valence-corrected chi connectivity index (χ0v) is 7.72. The minimum atomic E-state index is 0.895. The Hall–Kier alpha value is -1.49. The summed E-state index contributed by atoms with van der Waals surface area (Å²) in [6.45, 7) is 1.94. The number of nitrogens with zero attached hydrogens (tertiary/aromatic N) is 3. The molecule has 3 rings (SSSR count). The fourth-order valence-corrected chi connectivity index (χ4v) is 1.98. The van der Waals surface area contributed by atoms with Crippen molar-refractivity contribution in [3.8, 4) is 0 Å². The molecular formula is C8H6N4S. The Labute approximate surface area is 77.9 Å². The van der Waals surface area contributed by atoms with Crippen molar-refractivity contribution in [2.45, 2.75) is 6.92 Å². The molecule has 0 atom stereocenters. The Morgan fingerprint density at radius 2 is 2.23 bits per heavy atom. The highest BCUT2D eigenvalue weighted by Gasteiger charge is 2.11. The van der Waals surface area contributed by atoms with Gasteiger partial charge in [0, 0.05) is 0 Å². The first kappa shape index (κ1) is 6.97. The van der Waals surface area contributed by atoms with Gasteiger partial charge >= 0.3 is 0 Å². The molecule has 2 aromatic rings. The second-order valence-electron chi connectivity index (χ2n) is 2.92. The lowest BCUT2D eigenvalue weighted by Gasteiger charge is -1.92. The predicted molar refractivity (Wildman–Crippen MR) is 52.4 cm³/mol. The molecule has 64 valence electrons. The number of aryl methyl sites for hydroxylation is 1. The van der Waals surface area contributed by atoms with E-state index in [0.717, 1.165) is 28.2 Å². The van der Waals surface area contributed by atoms with Gasteiger partial charge in [-0.3, -0.25) is 0 Å². The van der Waals surface area contributed by atoms with Crippen molar-refractivity contribution in [3.63, 3.8) is 0 Å². The first-order chi connectivity index (χ1) is 6.34. The molecule has 1 N–H and O–H groups in total. The maximum atomic E-state index is 4.36. The lowest BCUT2D eigenvalue weighted by Crippen LogP contribution is -1.69. The summed E-state index contributed by atoms with van der Waals surface area (Å²) in [5, 5.41) is 0. The lowest BCUT2D eigenvalue weighted by molar-refractivity contribution is 1.17. The molecular weight excluding hydrogens is 184 g/mol. The number of hydrogen-bond acceptors (Lipinski definition) is 3. The number of benzene rings is 1. The highest BCUT2D eigenvalue weighted by Crippen LogP contribution is 2.37. The van der Waals surface area contributed by atoms with Crippen molar-refractivity contribution in [1.29, 1.82) is 0 Å².